The van der Waals surface area contributed by atoms with Crippen molar-refractivity contribution in [2.24, 2.45) is 0 Å². The van der Waals surface area contributed by atoms with Crippen molar-refractivity contribution in [2.75, 3.05) is 0 Å². The van der Waals surface area contributed by atoms with Gasteiger partial charge in [0.1, 0.15) is 17.1 Å². The van der Waals surface area contributed by atoms with Gasteiger partial charge in [0.2, 0.25) is 11.1 Å². The molecule has 0 spiro atoms. The van der Waals surface area contributed by atoms with Gasteiger partial charge >= 0.3 is 64.9 Å². The SMILES string of the molecule is CC(C)(C)Oc1ccc(OS(=O)c2ccc(C(C)(C)C)cc2)cc1.[I][V]([I])[I]. The Bertz CT molecular complexity index is 749. The Hall–Kier alpha value is 0.964. The molecule has 0 heterocycles. The van der Waals surface area contributed by atoms with Crippen LogP contribution in [0.5, 0.6) is 11.5 Å². The summed E-state index contributed by atoms with van der Waals surface area (Å²) in [6, 6.07) is 14.9. The van der Waals surface area contributed by atoms with Crippen LogP contribution in [-0.2, 0) is 21.4 Å². The van der Waals surface area contributed by atoms with Crippen LogP contribution in [0.3, 0.4) is 0 Å². The topological polar surface area (TPSA) is 35.5 Å². The summed E-state index contributed by atoms with van der Waals surface area (Å²) in [7, 11) is 0. The number of rotatable bonds is 4. The molecule has 0 bridgehead atoms. The number of hydrogen-bond acceptors (Lipinski definition) is 3. The van der Waals surface area contributed by atoms with Crippen molar-refractivity contribution in [3.63, 3.8) is 0 Å². The van der Waals surface area contributed by atoms with Crippen molar-refractivity contribution in [2.45, 2.75) is 57.5 Å². The summed E-state index contributed by atoms with van der Waals surface area (Å²) in [5, 5.41) is 0. The van der Waals surface area contributed by atoms with Crippen molar-refractivity contribution in [3.05, 3.63) is 54.1 Å². The summed E-state index contributed by atoms with van der Waals surface area (Å²) < 4.78 is 23.6. The normalized spacial score (nSPS) is 12.8. The van der Waals surface area contributed by atoms with Gasteiger partial charge in [0, 0.05) is 0 Å². The van der Waals surface area contributed by atoms with Gasteiger partial charge in [-0.1, -0.05) is 32.9 Å². The van der Waals surface area contributed by atoms with Gasteiger partial charge in [-0.2, -0.15) is 0 Å². The Morgan fingerprint density at radius 3 is 1.61 bits per heavy atom. The standard InChI is InChI=1S/C20H26O3S.3HI.V/c1-19(2,3)15-7-13-18(14-8-15)24(21)23-17-11-9-16(10-12-17)22-20(4,5)6;;;;/h7-14H,1-6H3;3*1H;/q;;;;+3/p-3. The van der Waals surface area contributed by atoms with Gasteiger partial charge < -0.3 is 8.92 Å². The average molecular weight is 778 g/mol. The van der Waals surface area contributed by atoms with Crippen LogP contribution in [0.4, 0.5) is 0 Å². The maximum absolute atomic E-state index is 12.3. The summed E-state index contributed by atoms with van der Waals surface area (Å²) in [6.07, 6.45) is 0. The Morgan fingerprint density at radius 2 is 1.21 bits per heavy atom. The maximum atomic E-state index is 12.3. The molecule has 2 aromatic carbocycles. The van der Waals surface area contributed by atoms with Crippen molar-refractivity contribution in [3.8, 4) is 11.5 Å². The molecule has 2 aromatic rings. The van der Waals surface area contributed by atoms with Gasteiger partial charge in [-0.3, -0.25) is 0 Å². The van der Waals surface area contributed by atoms with Gasteiger partial charge in [0.05, 0.1) is 4.90 Å². The third-order valence-corrected chi connectivity index (χ3v) is 4.33. The molecule has 0 amide bonds. The first-order valence-corrected chi connectivity index (χ1v) is 23.1. The second-order valence-electron chi connectivity index (χ2n) is 7.97. The van der Waals surface area contributed by atoms with E-state index in [0.717, 1.165) is 5.75 Å². The number of halogens is 3. The third kappa shape index (κ3) is 11.4. The van der Waals surface area contributed by atoms with Gasteiger partial charge in [0.25, 0.3) is 0 Å². The Balaban J connectivity index is 0.000000892. The second kappa shape index (κ2) is 12.1. The first-order chi connectivity index (χ1) is 12.8. The molecule has 8 heteroatoms. The molecule has 156 valence electrons. The molecule has 0 N–H and O–H groups in total. The van der Waals surface area contributed by atoms with E-state index in [-0.39, 0.29) is 15.9 Å². The fraction of sp³-hybridized carbons (Fsp3) is 0.400. The molecule has 0 saturated heterocycles. The quantitative estimate of drug-likeness (QED) is 0.296. The summed E-state index contributed by atoms with van der Waals surface area (Å²) in [5.41, 5.74) is 1.02. The molecule has 2 rings (SSSR count). The van der Waals surface area contributed by atoms with E-state index in [0.29, 0.717) is 10.6 Å². The molecule has 1 atom stereocenters. The summed E-state index contributed by atoms with van der Waals surface area (Å²) in [6.45, 7) is 12.4. The van der Waals surface area contributed by atoms with E-state index in [1.54, 1.807) is 12.1 Å². The zero-order valence-electron chi connectivity index (χ0n) is 16.8. The minimum atomic E-state index is -1.54. The molecule has 0 fully saturated rings. The van der Waals surface area contributed by atoms with E-state index in [1.165, 1.54) is 5.56 Å². The average Bonchev–Trinajstić information content (AvgIpc) is 2.54. The van der Waals surface area contributed by atoms with E-state index in [1.807, 2.05) is 57.2 Å². The van der Waals surface area contributed by atoms with Crippen LogP contribution in [0.1, 0.15) is 47.1 Å². The third-order valence-electron chi connectivity index (χ3n) is 3.33. The van der Waals surface area contributed by atoms with Gasteiger partial charge in [-0.05, 0) is 68.1 Å². The molecule has 0 aromatic heterocycles. The fourth-order valence-electron chi connectivity index (χ4n) is 2.12. The van der Waals surface area contributed by atoms with Crippen molar-refractivity contribution < 1.29 is 18.0 Å². The van der Waals surface area contributed by atoms with E-state index < -0.39 is 11.1 Å². The molecule has 0 aliphatic rings. The molecule has 0 aliphatic carbocycles. The van der Waals surface area contributed by atoms with Crippen molar-refractivity contribution in [1.82, 2.24) is 0 Å². The molecule has 0 aliphatic heterocycles. The molecule has 28 heavy (non-hydrogen) atoms. The van der Waals surface area contributed by atoms with Gasteiger partial charge in [-0.15, -0.1) is 0 Å². The first kappa shape index (κ1) is 27.0. The van der Waals surface area contributed by atoms with Gasteiger partial charge in [-0.25, -0.2) is 4.21 Å². The van der Waals surface area contributed by atoms with Crippen LogP contribution in [0.25, 0.3) is 0 Å². The number of ether oxygens (including phenoxy) is 1. The number of hydrogen-bond donors (Lipinski definition) is 0. The molecule has 0 saturated carbocycles. The van der Waals surface area contributed by atoms with Crippen LogP contribution in [-0.4, -0.2) is 9.81 Å². The zero-order chi connectivity index (χ0) is 21.5. The van der Waals surface area contributed by atoms with E-state index in [2.05, 4.69) is 80.7 Å². The van der Waals surface area contributed by atoms with Crippen LogP contribution in [0.2, 0.25) is 0 Å². The summed E-state index contributed by atoms with van der Waals surface area (Å²) in [5.74, 6) is 1.31. The van der Waals surface area contributed by atoms with Crippen molar-refractivity contribution >= 4 is 71.0 Å². The van der Waals surface area contributed by atoms with E-state index in [9.17, 15) is 4.21 Å². The fourth-order valence-corrected chi connectivity index (χ4v) is 2.86. The number of benzene rings is 2. The van der Waals surface area contributed by atoms with Crippen LogP contribution in [0, 0.1) is 0 Å². The minimum absolute atomic E-state index is 0.0732. The summed E-state index contributed by atoms with van der Waals surface area (Å²) >= 11 is 5.85. The second-order valence-corrected chi connectivity index (χ2v) is 44.4. The van der Waals surface area contributed by atoms with E-state index in [4.69, 9.17) is 8.92 Å². The first-order valence-electron chi connectivity index (χ1n) is 8.55. The molecular formula is C20H26I3O3SV. The predicted molar refractivity (Wildman–Crippen MR) is 141 cm³/mol. The Kier molecular flexibility index (Phi) is 11.7. The molecule has 1 unspecified atom stereocenters. The Labute approximate surface area is 209 Å². The monoisotopic (exact) mass is 778 g/mol. The van der Waals surface area contributed by atoms with Crippen LogP contribution < -0.4 is 8.92 Å². The molecule has 3 nitrogen and oxygen atoms in total. The van der Waals surface area contributed by atoms with E-state index >= 15 is 0 Å². The van der Waals surface area contributed by atoms with Crippen molar-refractivity contribution in [1.29, 1.82) is 0 Å². The molecule has 0 radical (unpaired) electrons. The van der Waals surface area contributed by atoms with Crippen LogP contribution >= 0.6 is 59.9 Å². The Morgan fingerprint density at radius 1 is 0.786 bits per heavy atom. The molecular weight excluding hydrogens is 752 g/mol. The predicted octanol–water partition coefficient (Wildman–Crippen LogP) is 7.92. The zero-order valence-corrected chi connectivity index (χ0v) is 25.5. The van der Waals surface area contributed by atoms with Crippen LogP contribution in [0.15, 0.2) is 53.4 Å². The van der Waals surface area contributed by atoms with Gasteiger partial charge in [0.15, 0.2) is 0 Å². The summed E-state index contributed by atoms with van der Waals surface area (Å²) in [4.78, 5) is 0.373.